The van der Waals surface area contributed by atoms with Crippen molar-refractivity contribution in [3.05, 3.63) is 22.7 Å². The van der Waals surface area contributed by atoms with Crippen LogP contribution in [0, 0.1) is 0 Å². The van der Waals surface area contributed by atoms with Gasteiger partial charge in [0.25, 0.3) is 0 Å². The molecule has 1 saturated heterocycles. The first-order valence-corrected chi connectivity index (χ1v) is 7.82. The van der Waals surface area contributed by atoms with Gasteiger partial charge in [-0.05, 0) is 43.3 Å². The van der Waals surface area contributed by atoms with Gasteiger partial charge in [-0.2, -0.15) is 0 Å². The summed E-state index contributed by atoms with van der Waals surface area (Å²) in [5.41, 5.74) is 2.12. The van der Waals surface area contributed by atoms with Crippen molar-refractivity contribution in [2.24, 2.45) is 0 Å². The van der Waals surface area contributed by atoms with E-state index in [0.717, 1.165) is 60.7 Å². The third-order valence-electron chi connectivity index (χ3n) is 3.34. The summed E-state index contributed by atoms with van der Waals surface area (Å²) in [6.07, 6.45) is 4.16. The SMILES string of the molecule is CCCCc1cc(B2OCCCO2)cc(OCC)c1Cl. The first kappa shape index (κ1) is 15.7. The average molecular weight is 297 g/mol. The van der Waals surface area contributed by atoms with Crippen LogP contribution in [0.5, 0.6) is 5.75 Å². The van der Waals surface area contributed by atoms with Crippen molar-refractivity contribution in [3.8, 4) is 5.75 Å². The van der Waals surface area contributed by atoms with Crippen LogP contribution in [0.1, 0.15) is 38.7 Å². The molecule has 1 fully saturated rings. The smallest absolute Gasteiger partial charge is 0.492 e. The van der Waals surface area contributed by atoms with Crippen molar-refractivity contribution in [1.82, 2.24) is 0 Å². The topological polar surface area (TPSA) is 27.7 Å². The van der Waals surface area contributed by atoms with Gasteiger partial charge >= 0.3 is 7.12 Å². The number of ether oxygens (including phenoxy) is 1. The van der Waals surface area contributed by atoms with Crippen molar-refractivity contribution < 1.29 is 14.0 Å². The molecule has 0 saturated carbocycles. The van der Waals surface area contributed by atoms with E-state index in [4.69, 9.17) is 25.6 Å². The zero-order valence-corrected chi connectivity index (χ0v) is 13.0. The summed E-state index contributed by atoms with van der Waals surface area (Å²) in [4.78, 5) is 0. The summed E-state index contributed by atoms with van der Waals surface area (Å²) in [6.45, 7) is 6.21. The third-order valence-corrected chi connectivity index (χ3v) is 3.76. The maximum atomic E-state index is 6.43. The van der Waals surface area contributed by atoms with Crippen LogP contribution in [0.4, 0.5) is 0 Å². The number of benzene rings is 1. The Morgan fingerprint density at radius 1 is 1.25 bits per heavy atom. The quantitative estimate of drug-likeness (QED) is 0.755. The summed E-state index contributed by atoms with van der Waals surface area (Å²) >= 11 is 6.43. The maximum Gasteiger partial charge on any atom is 0.494 e. The summed E-state index contributed by atoms with van der Waals surface area (Å²) in [7, 11) is -0.291. The number of hydrogen-bond donors (Lipinski definition) is 0. The van der Waals surface area contributed by atoms with E-state index in [9.17, 15) is 0 Å². The minimum atomic E-state index is -0.291. The number of hydrogen-bond acceptors (Lipinski definition) is 3. The predicted molar refractivity (Wildman–Crippen MR) is 83.1 cm³/mol. The molecular weight excluding hydrogens is 274 g/mol. The highest BCUT2D eigenvalue weighted by Gasteiger charge is 2.26. The number of halogens is 1. The monoisotopic (exact) mass is 296 g/mol. The Hall–Kier alpha value is -0.705. The lowest BCUT2D eigenvalue weighted by atomic mass is 9.77. The molecule has 0 N–H and O–H groups in total. The normalized spacial score (nSPS) is 15.4. The Labute approximate surface area is 126 Å². The number of rotatable bonds is 6. The van der Waals surface area contributed by atoms with Crippen LogP contribution in [-0.2, 0) is 15.7 Å². The fourth-order valence-electron chi connectivity index (χ4n) is 2.31. The highest BCUT2D eigenvalue weighted by atomic mass is 35.5. The van der Waals surface area contributed by atoms with E-state index in [1.807, 2.05) is 13.0 Å². The van der Waals surface area contributed by atoms with Gasteiger partial charge < -0.3 is 14.0 Å². The molecular formula is C15H22BClO3. The Kier molecular flexibility index (Phi) is 6.20. The second-order valence-electron chi connectivity index (χ2n) is 4.96. The third kappa shape index (κ3) is 3.90. The van der Waals surface area contributed by atoms with Crippen molar-refractivity contribution in [1.29, 1.82) is 0 Å². The molecule has 1 aliphatic heterocycles. The molecule has 110 valence electrons. The molecule has 1 aliphatic rings. The highest BCUT2D eigenvalue weighted by molar-refractivity contribution is 6.61. The summed E-state index contributed by atoms with van der Waals surface area (Å²) in [5, 5.41) is 0.722. The molecule has 0 unspecified atom stereocenters. The van der Waals surface area contributed by atoms with Gasteiger partial charge in [0.15, 0.2) is 0 Å². The van der Waals surface area contributed by atoms with Gasteiger partial charge in [-0.3, -0.25) is 0 Å². The molecule has 1 aromatic carbocycles. The Morgan fingerprint density at radius 3 is 2.65 bits per heavy atom. The Bertz CT molecular complexity index is 433. The zero-order valence-electron chi connectivity index (χ0n) is 12.3. The van der Waals surface area contributed by atoms with E-state index in [1.54, 1.807) is 0 Å². The standard InChI is InChI=1S/C15H22BClO3/c1-3-5-7-12-10-13(16-19-8-6-9-20-16)11-14(15(12)17)18-4-2/h10-11H,3-9H2,1-2H3. The average Bonchev–Trinajstić information content (AvgIpc) is 2.49. The van der Waals surface area contributed by atoms with E-state index in [2.05, 4.69) is 13.0 Å². The largest absolute Gasteiger partial charge is 0.494 e. The molecule has 0 aliphatic carbocycles. The molecule has 3 nitrogen and oxygen atoms in total. The molecule has 5 heteroatoms. The van der Waals surface area contributed by atoms with Gasteiger partial charge in [-0.15, -0.1) is 0 Å². The molecule has 0 bridgehead atoms. The maximum absolute atomic E-state index is 6.43. The van der Waals surface area contributed by atoms with E-state index in [0.29, 0.717) is 6.61 Å². The van der Waals surface area contributed by atoms with Crippen molar-refractivity contribution in [2.75, 3.05) is 19.8 Å². The summed E-state index contributed by atoms with van der Waals surface area (Å²) in [6, 6.07) is 4.04. The molecule has 1 heterocycles. The fraction of sp³-hybridized carbons (Fsp3) is 0.600. The first-order valence-electron chi connectivity index (χ1n) is 7.44. The number of unbranched alkanes of at least 4 members (excludes halogenated alkanes) is 1. The minimum absolute atomic E-state index is 0.291. The molecule has 20 heavy (non-hydrogen) atoms. The molecule has 0 spiro atoms. The summed E-state index contributed by atoms with van der Waals surface area (Å²) in [5.74, 6) is 0.732. The van der Waals surface area contributed by atoms with Crippen molar-refractivity contribution >= 4 is 24.2 Å². The first-order chi connectivity index (χ1) is 9.76. The van der Waals surface area contributed by atoms with Crippen LogP contribution >= 0.6 is 11.6 Å². The molecule has 1 aromatic rings. The molecule has 0 atom stereocenters. The van der Waals surface area contributed by atoms with Gasteiger partial charge in [0, 0.05) is 13.2 Å². The van der Waals surface area contributed by atoms with Crippen LogP contribution in [0.3, 0.4) is 0 Å². The lowest BCUT2D eigenvalue weighted by molar-refractivity contribution is 0.143. The van der Waals surface area contributed by atoms with E-state index < -0.39 is 0 Å². The van der Waals surface area contributed by atoms with Gasteiger partial charge in [-0.1, -0.05) is 31.0 Å². The second kappa shape index (κ2) is 7.91. The van der Waals surface area contributed by atoms with Crippen LogP contribution in [-0.4, -0.2) is 26.9 Å². The second-order valence-corrected chi connectivity index (χ2v) is 5.33. The minimum Gasteiger partial charge on any atom is -0.492 e. The predicted octanol–water partition coefficient (Wildman–Crippen LogP) is 3.21. The van der Waals surface area contributed by atoms with Gasteiger partial charge in [0.1, 0.15) is 5.75 Å². The van der Waals surface area contributed by atoms with E-state index in [-0.39, 0.29) is 7.12 Å². The molecule has 0 radical (unpaired) electrons. The summed E-state index contributed by atoms with van der Waals surface area (Å²) < 4.78 is 17.0. The molecule has 0 amide bonds. The zero-order chi connectivity index (χ0) is 14.4. The lowest BCUT2D eigenvalue weighted by Gasteiger charge is -2.21. The fourth-order valence-corrected chi connectivity index (χ4v) is 2.56. The van der Waals surface area contributed by atoms with Crippen LogP contribution in [0.15, 0.2) is 12.1 Å². The molecule has 2 rings (SSSR count). The van der Waals surface area contributed by atoms with Gasteiger partial charge in [0.05, 0.1) is 11.6 Å². The number of aryl methyl sites for hydroxylation is 1. The van der Waals surface area contributed by atoms with Crippen LogP contribution < -0.4 is 10.2 Å². The van der Waals surface area contributed by atoms with Crippen molar-refractivity contribution in [2.45, 2.75) is 39.5 Å². The van der Waals surface area contributed by atoms with Crippen molar-refractivity contribution in [3.63, 3.8) is 0 Å². The van der Waals surface area contributed by atoms with Gasteiger partial charge in [0.2, 0.25) is 0 Å². The lowest BCUT2D eigenvalue weighted by Crippen LogP contribution is -2.41. The Balaban J connectivity index is 2.27. The highest BCUT2D eigenvalue weighted by Crippen LogP contribution is 2.29. The van der Waals surface area contributed by atoms with Crippen LogP contribution in [0.2, 0.25) is 5.02 Å². The van der Waals surface area contributed by atoms with Gasteiger partial charge in [-0.25, -0.2) is 0 Å². The van der Waals surface area contributed by atoms with Crippen LogP contribution in [0.25, 0.3) is 0 Å². The van der Waals surface area contributed by atoms with E-state index in [1.165, 1.54) is 0 Å². The van der Waals surface area contributed by atoms with E-state index >= 15 is 0 Å². The Morgan fingerprint density at radius 2 is 2.00 bits per heavy atom. The molecule has 0 aromatic heterocycles.